The number of nitrogens with two attached hydrogens (primary N) is 1. The number of aliphatic hydroxyl groups excluding tert-OH is 1. The maximum Gasteiger partial charge on any atom is 0.248 e. The van der Waals surface area contributed by atoms with Gasteiger partial charge in [-0.15, -0.1) is 0 Å². The van der Waals surface area contributed by atoms with Crippen LogP contribution in [0, 0.1) is 0 Å². The Morgan fingerprint density at radius 3 is 2.71 bits per heavy atom. The van der Waals surface area contributed by atoms with Crippen molar-refractivity contribution in [3.63, 3.8) is 0 Å². The van der Waals surface area contributed by atoms with Gasteiger partial charge < -0.3 is 26.2 Å². The topological polar surface area (TPSA) is 111 Å². The third-order valence-corrected chi connectivity index (χ3v) is 3.55. The lowest BCUT2D eigenvalue weighted by atomic mass is 10.0. The van der Waals surface area contributed by atoms with Crippen LogP contribution in [0.2, 0.25) is 0 Å². The Kier molecular flexibility index (Phi) is 4.32. The molecule has 0 aliphatic heterocycles. The Bertz CT molecular complexity index is 694. The van der Waals surface area contributed by atoms with Crippen molar-refractivity contribution in [1.29, 1.82) is 0 Å². The van der Waals surface area contributed by atoms with Crippen LogP contribution in [0.3, 0.4) is 0 Å². The maximum atomic E-state index is 11.4. The number of aromatic hydroxyl groups is 1. The molecule has 0 saturated heterocycles. The van der Waals surface area contributed by atoms with Crippen LogP contribution in [0.1, 0.15) is 25.5 Å². The summed E-state index contributed by atoms with van der Waals surface area (Å²) in [6.07, 6.45) is -0.773. The van der Waals surface area contributed by atoms with Crippen molar-refractivity contribution in [2.75, 3.05) is 13.1 Å². The second-order valence-corrected chi connectivity index (χ2v) is 5.77. The number of pyridine rings is 1. The molecule has 0 spiro atoms. The number of nitrogens with one attached hydrogen (secondary N) is 2. The van der Waals surface area contributed by atoms with E-state index >= 15 is 0 Å². The van der Waals surface area contributed by atoms with Crippen LogP contribution < -0.4 is 16.6 Å². The molecule has 0 aliphatic rings. The summed E-state index contributed by atoms with van der Waals surface area (Å²) in [7, 11) is 0. The summed E-state index contributed by atoms with van der Waals surface area (Å²) in [4.78, 5) is 13.9. The van der Waals surface area contributed by atoms with Gasteiger partial charge in [-0.2, -0.15) is 0 Å². The zero-order chi connectivity index (χ0) is 15.6. The lowest BCUT2D eigenvalue weighted by Gasteiger charge is -2.26. The van der Waals surface area contributed by atoms with E-state index < -0.39 is 6.10 Å². The van der Waals surface area contributed by atoms with Crippen molar-refractivity contribution < 1.29 is 10.2 Å². The second kappa shape index (κ2) is 5.85. The van der Waals surface area contributed by atoms with E-state index in [9.17, 15) is 15.0 Å². The van der Waals surface area contributed by atoms with Gasteiger partial charge in [-0.3, -0.25) is 4.79 Å². The fourth-order valence-electron chi connectivity index (χ4n) is 2.10. The van der Waals surface area contributed by atoms with Gasteiger partial charge >= 0.3 is 0 Å². The monoisotopic (exact) mass is 291 g/mol. The number of hydrogen-bond acceptors (Lipinski definition) is 5. The zero-order valence-corrected chi connectivity index (χ0v) is 12.2. The molecular weight excluding hydrogens is 270 g/mol. The standard InChI is InChI=1S/C15H21N3O3/c1-15(2,8-16)17-7-12(20)9-3-5-11(19)14-10(9)4-6-13(21)18-14/h3-6,12,17,19-20H,7-8,16H2,1-2H3,(H,18,21). The largest absolute Gasteiger partial charge is 0.506 e. The summed E-state index contributed by atoms with van der Waals surface area (Å²) >= 11 is 0. The Labute approximate surface area is 122 Å². The number of aliphatic hydroxyl groups is 1. The Balaban J connectivity index is 2.34. The number of rotatable bonds is 5. The van der Waals surface area contributed by atoms with Gasteiger partial charge in [0.2, 0.25) is 5.56 Å². The van der Waals surface area contributed by atoms with Crippen molar-refractivity contribution in [2.45, 2.75) is 25.5 Å². The van der Waals surface area contributed by atoms with Crippen molar-refractivity contribution in [3.05, 3.63) is 40.2 Å². The van der Waals surface area contributed by atoms with Crippen LogP contribution >= 0.6 is 0 Å². The predicted molar refractivity (Wildman–Crippen MR) is 82.3 cm³/mol. The second-order valence-electron chi connectivity index (χ2n) is 5.77. The van der Waals surface area contributed by atoms with Crippen LogP contribution in [-0.2, 0) is 0 Å². The van der Waals surface area contributed by atoms with E-state index in [0.29, 0.717) is 29.6 Å². The van der Waals surface area contributed by atoms with Crippen LogP contribution in [0.4, 0.5) is 0 Å². The lowest BCUT2D eigenvalue weighted by molar-refractivity contribution is 0.163. The van der Waals surface area contributed by atoms with Crippen LogP contribution in [0.5, 0.6) is 5.75 Å². The first-order chi connectivity index (χ1) is 9.84. The van der Waals surface area contributed by atoms with Crippen molar-refractivity contribution in [1.82, 2.24) is 10.3 Å². The molecule has 1 heterocycles. The number of β-amino-alcohol motifs (C(OH)–C–C–N with tert-alkyl or cyclic N) is 1. The molecule has 0 radical (unpaired) electrons. The normalized spacial score (nSPS) is 13.5. The highest BCUT2D eigenvalue weighted by Gasteiger charge is 2.19. The molecule has 1 unspecified atom stereocenters. The molecular formula is C15H21N3O3. The number of aromatic amines is 1. The summed E-state index contributed by atoms with van der Waals surface area (Å²) in [6, 6.07) is 6.08. The van der Waals surface area contributed by atoms with E-state index in [1.54, 1.807) is 12.1 Å². The van der Waals surface area contributed by atoms with E-state index in [-0.39, 0.29) is 16.8 Å². The highest BCUT2D eigenvalue weighted by Crippen LogP contribution is 2.28. The van der Waals surface area contributed by atoms with Crippen molar-refractivity contribution in [3.8, 4) is 5.75 Å². The molecule has 1 aromatic heterocycles. The predicted octanol–water partition coefficient (Wildman–Crippen LogP) is 0.594. The smallest absolute Gasteiger partial charge is 0.248 e. The molecule has 0 bridgehead atoms. The minimum Gasteiger partial charge on any atom is -0.506 e. The van der Waals surface area contributed by atoms with Gasteiger partial charge in [0.25, 0.3) is 0 Å². The molecule has 2 aromatic rings. The van der Waals surface area contributed by atoms with Gasteiger partial charge in [-0.1, -0.05) is 6.07 Å². The molecule has 1 atom stereocenters. The lowest BCUT2D eigenvalue weighted by Crippen LogP contribution is -2.47. The number of H-pyrrole nitrogens is 1. The van der Waals surface area contributed by atoms with Crippen LogP contribution in [0.15, 0.2) is 29.1 Å². The highest BCUT2D eigenvalue weighted by atomic mass is 16.3. The Morgan fingerprint density at radius 2 is 2.05 bits per heavy atom. The van der Waals surface area contributed by atoms with E-state index in [2.05, 4.69) is 10.3 Å². The summed E-state index contributed by atoms with van der Waals surface area (Å²) < 4.78 is 0. The van der Waals surface area contributed by atoms with Gasteiger partial charge in [0.15, 0.2) is 0 Å². The maximum absolute atomic E-state index is 11.4. The fourth-order valence-corrected chi connectivity index (χ4v) is 2.10. The molecule has 0 fully saturated rings. The van der Waals surface area contributed by atoms with E-state index in [1.165, 1.54) is 12.1 Å². The van der Waals surface area contributed by atoms with Crippen LogP contribution in [0.25, 0.3) is 10.9 Å². The van der Waals surface area contributed by atoms with Crippen molar-refractivity contribution in [2.24, 2.45) is 5.73 Å². The number of phenolic OH excluding ortho intramolecular Hbond substituents is 1. The summed E-state index contributed by atoms with van der Waals surface area (Å²) in [5, 5.41) is 24.0. The first-order valence-electron chi connectivity index (χ1n) is 6.82. The van der Waals surface area contributed by atoms with Gasteiger partial charge in [0, 0.05) is 30.1 Å². The number of aromatic nitrogens is 1. The summed E-state index contributed by atoms with van der Waals surface area (Å²) in [5.74, 6) is -0.0195. The number of fused-ring (bicyclic) bond motifs is 1. The summed E-state index contributed by atoms with van der Waals surface area (Å²) in [6.45, 7) is 4.67. The quantitative estimate of drug-likeness (QED) is 0.554. The average Bonchev–Trinajstić information content (AvgIpc) is 2.46. The van der Waals surface area contributed by atoms with Gasteiger partial charge in [0.05, 0.1) is 11.6 Å². The minimum atomic E-state index is -0.773. The molecule has 1 aromatic carbocycles. The molecule has 6 heteroatoms. The first-order valence-corrected chi connectivity index (χ1v) is 6.82. The van der Waals surface area contributed by atoms with E-state index in [1.807, 2.05) is 13.8 Å². The highest BCUT2D eigenvalue weighted by molar-refractivity contribution is 5.87. The molecule has 21 heavy (non-hydrogen) atoms. The minimum absolute atomic E-state index is 0.0195. The van der Waals surface area contributed by atoms with E-state index in [4.69, 9.17) is 5.73 Å². The number of phenols is 1. The zero-order valence-electron chi connectivity index (χ0n) is 12.2. The van der Waals surface area contributed by atoms with Gasteiger partial charge in [0.1, 0.15) is 5.75 Å². The molecule has 2 rings (SSSR count). The number of benzene rings is 1. The van der Waals surface area contributed by atoms with Gasteiger partial charge in [-0.25, -0.2) is 0 Å². The molecule has 0 aliphatic carbocycles. The number of hydrogen-bond donors (Lipinski definition) is 5. The molecule has 6 nitrogen and oxygen atoms in total. The fraction of sp³-hybridized carbons (Fsp3) is 0.400. The van der Waals surface area contributed by atoms with Crippen LogP contribution in [-0.4, -0.2) is 33.8 Å². The molecule has 6 N–H and O–H groups in total. The average molecular weight is 291 g/mol. The van der Waals surface area contributed by atoms with Gasteiger partial charge in [-0.05, 0) is 31.5 Å². The molecule has 114 valence electrons. The molecule has 0 saturated carbocycles. The third-order valence-electron chi connectivity index (χ3n) is 3.55. The third kappa shape index (κ3) is 3.41. The van der Waals surface area contributed by atoms with Crippen molar-refractivity contribution >= 4 is 10.9 Å². The first kappa shape index (κ1) is 15.5. The Hall–Kier alpha value is -1.89. The Morgan fingerprint density at radius 1 is 1.33 bits per heavy atom. The molecule has 0 amide bonds. The SMILES string of the molecule is CC(C)(CN)NCC(O)c1ccc(O)c2[nH]c(=O)ccc12. The van der Waals surface area contributed by atoms with E-state index in [0.717, 1.165) is 0 Å². The summed E-state index contributed by atoms with van der Waals surface area (Å²) in [5.41, 5.74) is 6.04.